The molecule has 3 rings (SSSR count). The van der Waals surface area contributed by atoms with Crippen LogP contribution in [0.15, 0.2) is 34.1 Å². The summed E-state index contributed by atoms with van der Waals surface area (Å²) in [4.78, 5) is 13.5. The maximum Gasteiger partial charge on any atom is 0.251 e. The van der Waals surface area contributed by atoms with Gasteiger partial charge in [0.1, 0.15) is 0 Å². The Bertz CT molecular complexity index is 639. The summed E-state index contributed by atoms with van der Waals surface area (Å²) in [6.45, 7) is 1.56. The number of carbonyl (C=O) groups is 1. The third kappa shape index (κ3) is 2.88. The van der Waals surface area contributed by atoms with Crippen molar-refractivity contribution in [1.82, 2.24) is 5.32 Å². The second-order valence-electron chi connectivity index (χ2n) is 4.78. The lowest BCUT2D eigenvalue weighted by Gasteiger charge is -2.20. The van der Waals surface area contributed by atoms with Gasteiger partial charge in [0.05, 0.1) is 6.54 Å². The predicted octanol–water partition coefficient (Wildman–Crippen LogP) is 3.80. The molecule has 0 unspecified atom stereocenters. The number of anilines is 1. The van der Waals surface area contributed by atoms with Crippen molar-refractivity contribution in [2.75, 3.05) is 11.9 Å². The van der Waals surface area contributed by atoms with E-state index in [0.717, 1.165) is 45.6 Å². The average molecular weight is 351 g/mol. The first-order chi connectivity index (χ1) is 9.74. The highest BCUT2D eigenvalue weighted by Gasteiger charge is 2.17. The number of carbonyl (C=O) groups excluding carboxylic acids is 1. The van der Waals surface area contributed by atoms with E-state index in [1.165, 1.54) is 0 Å². The predicted molar refractivity (Wildman–Crippen MR) is 86.4 cm³/mol. The fourth-order valence-corrected chi connectivity index (χ4v) is 3.82. The van der Waals surface area contributed by atoms with E-state index in [-0.39, 0.29) is 5.91 Å². The molecule has 20 heavy (non-hydrogen) atoms. The minimum atomic E-state index is 0.00933. The van der Waals surface area contributed by atoms with Gasteiger partial charge in [0.15, 0.2) is 0 Å². The third-order valence-electron chi connectivity index (χ3n) is 3.38. The van der Waals surface area contributed by atoms with Crippen LogP contribution in [-0.2, 0) is 13.0 Å². The maximum atomic E-state index is 12.4. The van der Waals surface area contributed by atoms with Gasteiger partial charge in [-0.05, 0) is 52.5 Å². The summed E-state index contributed by atoms with van der Waals surface area (Å²) in [6, 6.07) is 7.92. The molecule has 1 aromatic heterocycles. The van der Waals surface area contributed by atoms with Gasteiger partial charge in [-0.25, -0.2) is 0 Å². The smallest absolute Gasteiger partial charge is 0.251 e. The van der Waals surface area contributed by atoms with Crippen LogP contribution in [0.3, 0.4) is 0 Å². The molecule has 3 nitrogen and oxygen atoms in total. The molecule has 2 aromatic rings. The number of hydrogen-bond donors (Lipinski definition) is 2. The number of fused-ring (bicyclic) bond motifs is 1. The maximum absolute atomic E-state index is 12.4. The lowest BCUT2D eigenvalue weighted by atomic mass is 9.97. The Balaban J connectivity index is 1.74. The van der Waals surface area contributed by atoms with Crippen molar-refractivity contribution in [1.29, 1.82) is 0 Å². The Kier molecular flexibility index (Phi) is 4.08. The molecule has 0 bridgehead atoms. The molecule has 1 aromatic carbocycles. The van der Waals surface area contributed by atoms with Gasteiger partial charge in [-0.1, -0.05) is 6.07 Å². The normalized spacial score (nSPS) is 13.4. The van der Waals surface area contributed by atoms with Crippen LogP contribution in [0.25, 0.3) is 0 Å². The topological polar surface area (TPSA) is 41.1 Å². The summed E-state index contributed by atoms with van der Waals surface area (Å²) < 4.78 is 1.06. The standard InChI is InChI=1S/C15H15BrN2OS/c16-10-7-11(20-9-10)8-18-15(19)13-3-1-5-14-12(13)4-2-6-17-14/h1,3,5,7,9,17H,2,4,6,8H2,(H,18,19). The molecule has 0 saturated carbocycles. The molecular weight excluding hydrogens is 336 g/mol. The number of halogens is 1. The van der Waals surface area contributed by atoms with Crippen LogP contribution in [0.1, 0.15) is 27.2 Å². The van der Waals surface area contributed by atoms with Gasteiger partial charge in [-0.2, -0.15) is 0 Å². The Labute approximate surface area is 130 Å². The van der Waals surface area contributed by atoms with E-state index in [0.29, 0.717) is 6.54 Å². The van der Waals surface area contributed by atoms with Gasteiger partial charge in [0, 0.05) is 32.5 Å². The van der Waals surface area contributed by atoms with Gasteiger partial charge in [0.25, 0.3) is 5.91 Å². The fraction of sp³-hybridized carbons (Fsp3) is 0.267. The molecule has 0 radical (unpaired) electrons. The Morgan fingerprint density at radius 2 is 2.35 bits per heavy atom. The summed E-state index contributed by atoms with van der Waals surface area (Å²) >= 11 is 5.06. The molecule has 2 N–H and O–H groups in total. The molecule has 0 saturated heterocycles. The molecule has 0 aliphatic carbocycles. The molecule has 0 atom stereocenters. The van der Waals surface area contributed by atoms with Crippen molar-refractivity contribution >= 4 is 38.9 Å². The van der Waals surface area contributed by atoms with Crippen LogP contribution >= 0.6 is 27.3 Å². The Morgan fingerprint density at radius 3 is 3.15 bits per heavy atom. The summed E-state index contributed by atoms with van der Waals surface area (Å²) in [5.41, 5.74) is 3.04. The second kappa shape index (κ2) is 5.97. The van der Waals surface area contributed by atoms with E-state index in [9.17, 15) is 4.79 Å². The lowest BCUT2D eigenvalue weighted by molar-refractivity contribution is 0.0950. The molecule has 1 aliphatic rings. The monoisotopic (exact) mass is 350 g/mol. The summed E-state index contributed by atoms with van der Waals surface area (Å²) in [6.07, 6.45) is 2.05. The van der Waals surface area contributed by atoms with Crippen LogP contribution in [0.5, 0.6) is 0 Å². The van der Waals surface area contributed by atoms with Crippen molar-refractivity contribution in [3.63, 3.8) is 0 Å². The van der Waals surface area contributed by atoms with Crippen LogP contribution in [0, 0.1) is 0 Å². The van der Waals surface area contributed by atoms with Crippen LogP contribution in [0.2, 0.25) is 0 Å². The number of thiophene rings is 1. The van der Waals surface area contributed by atoms with E-state index in [4.69, 9.17) is 0 Å². The number of benzene rings is 1. The van der Waals surface area contributed by atoms with Gasteiger partial charge in [0.2, 0.25) is 0 Å². The molecule has 2 heterocycles. The fourth-order valence-electron chi connectivity index (χ4n) is 2.43. The van der Waals surface area contributed by atoms with Gasteiger partial charge >= 0.3 is 0 Å². The highest BCUT2D eigenvalue weighted by molar-refractivity contribution is 9.10. The van der Waals surface area contributed by atoms with E-state index < -0.39 is 0 Å². The highest BCUT2D eigenvalue weighted by Crippen LogP contribution is 2.25. The van der Waals surface area contributed by atoms with Crippen molar-refractivity contribution < 1.29 is 4.79 Å². The molecule has 1 amide bonds. The largest absolute Gasteiger partial charge is 0.385 e. The van der Waals surface area contributed by atoms with Gasteiger partial charge in [-0.3, -0.25) is 4.79 Å². The molecule has 1 aliphatic heterocycles. The first kappa shape index (κ1) is 13.6. The minimum absolute atomic E-state index is 0.00933. The van der Waals surface area contributed by atoms with Crippen molar-refractivity contribution in [2.45, 2.75) is 19.4 Å². The summed E-state index contributed by atoms with van der Waals surface area (Å²) in [5, 5.41) is 8.38. The number of amides is 1. The zero-order valence-electron chi connectivity index (χ0n) is 10.9. The van der Waals surface area contributed by atoms with E-state index >= 15 is 0 Å². The summed E-state index contributed by atoms with van der Waals surface area (Å²) in [7, 11) is 0. The first-order valence-corrected chi connectivity index (χ1v) is 8.28. The number of hydrogen-bond acceptors (Lipinski definition) is 3. The van der Waals surface area contributed by atoms with E-state index in [2.05, 4.69) is 26.6 Å². The Hall–Kier alpha value is -1.33. The Morgan fingerprint density at radius 1 is 1.45 bits per heavy atom. The third-order valence-corrected chi connectivity index (χ3v) is 5.08. The quantitative estimate of drug-likeness (QED) is 0.883. The summed E-state index contributed by atoms with van der Waals surface area (Å²) in [5.74, 6) is 0.00933. The second-order valence-corrected chi connectivity index (χ2v) is 6.69. The van der Waals surface area contributed by atoms with E-state index in [1.54, 1.807) is 11.3 Å². The highest BCUT2D eigenvalue weighted by atomic mass is 79.9. The SMILES string of the molecule is O=C(NCc1cc(Br)cs1)c1cccc2c1CCCN2. The zero-order valence-corrected chi connectivity index (χ0v) is 13.3. The van der Waals surface area contributed by atoms with Crippen molar-refractivity contribution in [3.05, 3.63) is 50.1 Å². The molecule has 104 valence electrons. The average Bonchev–Trinajstić information content (AvgIpc) is 2.90. The molecular formula is C15H15BrN2OS. The van der Waals surface area contributed by atoms with Crippen LogP contribution in [-0.4, -0.2) is 12.5 Å². The minimum Gasteiger partial charge on any atom is -0.385 e. The van der Waals surface area contributed by atoms with E-state index in [1.807, 2.05) is 29.6 Å². The molecule has 0 spiro atoms. The van der Waals surface area contributed by atoms with Crippen LogP contribution in [0.4, 0.5) is 5.69 Å². The molecule has 0 fully saturated rings. The number of rotatable bonds is 3. The van der Waals surface area contributed by atoms with Gasteiger partial charge in [-0.15, -0.1) is 11.3 Å². The van der Waals surface area contributed by atoms with Crippen molar-refractivity contribution in [2.24, 2.45) is 0 Å². The van der Waals surface area contributed by atoms with Crippen molar-refractivity contribution in [3.8, 4) is 0 Å². The molecule has 5 heteroatoms. The van der Waals surface area contributed by atoms with Gasteiger partial charge < -0.3 is 10.6 Å². The lowest BCUT2D eigenvalue weighted by Crippen LogP contribution is -2.25. The number of nitrogens with one attached hydrogen (secondary N) is 2. The zero-order chi connectivity index (χ0) is 13.9. The first-order valence-electron chi connectivity index (χ1n) is 6.61. The van der Waals surface area contributed by atoms with Crippen LogP contribution < -0.4 is 10.6 Å².